The van der Waals surface area contributed by atoms with Gasteiger partial charge in [0.25, 0.3) is 0 Å². The molecule has 9 nitrogen and oxygen atoms in total. The van der Waals surface area contributed by atoms with Crippen molar-refractivity contribution in [1.82, 2.24) is 0 Å². The minimum absolute atomic E-state index is 0.348. The van der Waals surface area contributed by atoms with Crippen LogP contribution < -0.4 is 18.9 Å². The molecule has 0 N–H and O–H groups in total. The van der Waals surface area contributed by atoms with E-state index in [0.29, 0.717) is 61.4 Å². The highest BCUT2D eigenvalue weighted by atomic mass is 16.5. The molecule has 0 aliphatic rings. The Labute approximate surface area is 289 Å². The van der Waals surface area contributed by atoms with Crippen LogP contribution in [0.3, 0.4) is 0 Å². The number of esters is 3. The zero-order valence-corrected chi connectivity index (χ0v) is 28.7. The normalized spacial score (nSPS) is 10.5. The summed E-state index contributed by atoms with van der Waals surface area (Å²) >= 11 is 0. The van der Waals surface area contributed by atoms with Crippen LogP contribution in [0.25, 0.3) is 0 Å². The molecule has 0 fully saturated rings. The molecule has 0 saturated carbocycles. The number of carbonyl (C=O) groups excluding carboxylic acids is 3. The molecule has 0 atom stereocenters. The maximum Gasteiger partial charge on any atom is 0.343 e. The summed E-state index contributed by atoms with van der Waals surface area (Å²) in [5.41, 5.74) is 2.61. The lowest BCUT2D eigenvalue weighted by Gasteiger charge is -2.12. The number of rotatable bonds is 23. The third-order valence-corrected chi connectivity index (χ3v) is 7.38. The van der Waals surface area contributed by atoms with Gasteiger partial charge in [0.15, 0.2) is 0 Å². The first-order chi connectivity index (χ1) is 23.7. The van der Waals surface area contributed by atoms with E-state index in [2.05, 4.69) is 13.2 Å². The molecule has 262 valence electrons. The van der Waals surface area contributed by atoms with Crippen LogP contribution in [-0.4, -0.2) is 44.3 Å². The van der Waals surface area contributed by atoms with Crippen molar-refractivity contribution in [1.29, 1.82) is 0 Å². The van der Waals surface area contributed by atoms with Gasteiger partial charge in [-0.2, -0.15) is 0 Å². The van der Waals surface area contributed by atoms with Crippen molar-refractivity contribution in [3.05, 3.63) is 108 Å². The van der Waals surface area contributed by atoms with Gasteiger partial charge in [-0.1, -0.05) is 25.3 Å². The van der Waals surface area contributed by atoms with Gasteiger partial charge in [0.1, 0.15) is 29.6 Å². The van der Waals surface area contributed by atoms with Crippen LogP contribution in [0.1, 0.15) is 79.8 Å². The van der Waals surface area contributed by atoms with Gasteiger partial charge in [0.05, 0.1) is 32.0 Å². The van der Waals surface area contributed by atoms with Crippen molar-refractivity contribution in [3.8, 4) is 23.0 Å². The highest BCUT2D eigenvalue weighted by molar-refractivity contribution is 5.91. The first-order valence-electron chi connectivity index (χ1n) is 16.8. The van der Waals surface area contributed by atoms with E-state index in [9.17, 15) is 14.4 Å². The minimum atomic E-state index is -0.454. The molecule has 3 aromatic rings. The number of benzene rings is 3. The quantitative estimate of drug-likeness (QED) is 0.0424. The fourth-order valence-electron chi connectivity index (χ4n) is 4.54. The number of hydrogen-bond acceptors (Lipinski definition) is 9. The second-order valence-electron chi connectivity index (χ2n) is 11.6. The van der Waals surface area contributed by atoms with Crippen LogP contribution in [0, 0.1) is 6.92 Å². The van der Waals surface area contributed by atoms with E-state index < -0.39 is 5.97 Å². The fourth-order valence-corrected chi connectivity index (χ4v) is 4.54. The first-order valence-corrected chi connectivity index (χ1v) is 16.8. The smallest absolute Gasteiger partial charge is 0.343 e. The average Bonchev–Trinajstić information content (AvgIpc) is 3.11. The molecule has 3 rings (SSSR count). The van der Waals surface area contributed by atoms with Gasteiger partial charge in [-0.3, -0.25) is 0 Å². The maximum absolute atomic E-state index is 12.8. The van der Waals surface area contributed by atoms with E-state index in [0.717, 1.165) is 68.2 Å². The van der Waals surface area contributed by atoms with E-state index in [1.54, 1.807) is 43.3 Å². The van der Waals surface area contributed by atoms with E-state index in [4.69, 9.17) is 28.4 Å². The standard InChI is InChI=1S/C40H48O9/c1-5-38(41)46-26-12-8-6-10-24-44-34-18-14-32(15-19-34)29-48-36-22-23-37(31(4)28-36)49-40(43)33-16-20-35(21-17-33)45-25-11-7-9-13-27-47-39(42)30(2)3/h5,14-23,28H,1-2,6-13,24-27,29H2,3-4H3. The van der Waals surface area contributed by atoms with Crippen LogP contribution >= 0.6 is 0 Å². The Bertz CT molecular complexity index is 1490. The molecule has 0 heterocycles. The van der Waals surface area contributed by atoms with Crippen molar-refractivity contribution in [2.24, 2.45) is 0 Å². The number of ether oxygens (including phenoxy) is 6. The molecule has 0 aliphatic carbocycles. The van der Waals surface area contributed by atoms with Crippen molar-refractivity contribution in [2.75, 3.05) is 26.4 Å². The van der Waals surface area contributed by atoms with E-state index in [1.807, 2.05) is 37.3 Å². The summed E-state index contributed by atoms with van der Waals surface area (Å²) in [6.45, 7) is 12.8. The summed E-state index contributed by atoms with van der Waals surface area (Å²) in [6.07, 6.45) is 8.49. The average molecular weight is 673 g/mol. The van der Waals surface area contributed by atoms with Gasteiger partial charge in [-0.25, -0.2) is 14.4 Å². The number of carbonyl (C=O) groups is 3. The first kappa shape index (κ1) is 38.4. The second-order valence-corrected chi connectivity index (χ2v) is 11.6. The molecule has 0 radical (unpaired) electrons. The van der Waals surface area contributed by atoms with Crippen LogP contribution in [0.4, 0.5) is 0 Å². The lowest BCUT2D eigenvalue weighted by atomic mass is 10.2. The summed E-state index contributed by atoms with van der Waals surface area (Å²) in [5, 5.41) is 0. The number of aryl methyl sites for hydroxylation is 1. The lowest BCUT2D eigenvalue weighted by molar-refractivity contribution is -0.139. The Morgan fingerprint density at radius 1 is 0.653 bits per heavy atom. The van der Waals surface area contributed by atoms with Crippen molar-refractivity contribution in [3.63, 3.8) is 0 Å². The SMILES string of the molecule is C=CC(=O)OCCCCCCOc1ccc(COc2ccc(OC(=O)c3ccc(OCCCCCCOC(=O)C(=C)C)cc3)c(C)c2)cc1. The third kappa shape index (κ3) is 15.1. The molecule has 49 heavy (non-hydrogen) atoms. The molecule has 3 aromatic carbocycles. The highest BCUT2D eigenvalue weighted by Crippen LogP contribution is 2.26. The van der Waals surface area contributed by atoms with E-state index in [1.165, 1.54) is 6.08 Å². The summed E-state index contributed by atoms with van der Waals surface area (Å²) in [6, 6.07) is 20.0. The number of unbranched alkanes of at least 4 members (excludes halogenated alkanes) is 6. The monoisotopic (exact) mass is 672 g/mol. The van der Waals surface area contributed by atoms with E-state index in [-0.39, 0.29) is 11.9 Å². The zero-order chi connectivity index (χ0) is 35.3. The Morgan fingerprint density at radius 3 is 1.73 bits per heavy atom. The topological polar surface area (TPSA) is 107 Å². The molecule has 0 spiro atoms. The third-order valence-electron chi connectivity index (χ3n) is 7.38. The Balaban J connectivity index is 1.31. The van der Waals surface area contributed by atoms with Gasteiger partial charge < -0.3 is 28.4 Å². The maximum atomic E-state index is 12.8. The summed E-state index contributed by atoms with van der Waals surface area (Å²) in [5.74, 6) is 1.43. The van der Waals surface area contributed by atoms with Crippen LogP contribution in [0.5, 0.6) is 23.0 Å². The molecule has 0 bridgehead atoms. The van der Waals surface area contributed by atoms with Gasteiger partial charge >= 0.3 is 17.9 Å². The molecular weight excluding hydrogens is 624 g/mol. The highest BCUT2D eigenvalue weighted by Gasteiger charge is 2.12. The van der Waals surface area contributed by atoms with Gasteiger partial charge in [-0.15, -0.1) is 0 Å². The van der Waals surface area contributed by atoms with Crippen molar-refractivity contribution >= 4 is 17.9 Å². The summed E-state index contributed by atoms with van der Waals surface area (Å²) in [7, 11) is 0. The van der Waals surface area contributed by atoms with Crippen molar-refractivity contribution < 1.29 is 42.8 Å². The summed E-state index contributed by atoms with van der Waals surface area (Å²) < 4.78 is 33.3. The predicted molar refractivity (Wildman–Crippen MR) is 188 cm³/mol. The molecule has 9 heteroatoms. The second kappa shape index (κ2) is 21.8. The minimum Gasteiger partial charge on any atom is -0.494 e. The number of hydrogen-bond donors (Lipinski definition) is 0. The molecule has 0 amide bonds. The van der Waals surface area contributed by atoms with Crippen LogP contribution in [0.15, 0.2) is 91.5 Å². The Hall–Kier alpha value is -5.05. The predicted octanol–water partition coefficient (Wildman–Crippen LogP) is 8.52. The Kier molecular flexibility index (Phi) is 17.0. The van der Waals surface area contributed by atoms with Gasteiger partial charge in [0, 0.05) is 11.6 Å². The fraction of sp³-hybridized carbons (Fsp3) is 0.375. The zero-order valence-electron chi connectivity index (χ0n) is 28.7. The summed E-state index contributed by atoms with van der Waals surface area (Å²) in [4.78, 5) is 35.2. The van der Waals surface area contributed by atoms with Crippen molar-refractivity contribution in [2.45, 2.75) is 71.8 Å². The van der Waals surface area contributed by atoms with Gasteiger partial charge in [-0.05, 0) is 131 Å². The molecule has 0 aliphatic heterocycles. The molecule has 0 saturated heterocycles. The molecule has 0 aromatic heterocycles. The lowest BCUT2D eigenvalue weighted by Crippen LogP contribution is -2.09. The largest absolute Gasteiger partial charge is 0.494 e. The Morgan fingerprint density at radius 2 is 1.18 bits per heavy atom. The van der Waals surface area contributed by atoms with Crippen LogP contribution in [-0.2, 0) is 25.7 Å². The van der Waals surface area contributed by atoms with Gasteiger partial charge in [0.2, 0.25) is 0 Å². The van der Waals surface area contributed by atoms with Crippen LogP contribution in [0.2, 0.25) is 0 Å². The molecular formula is C40H48O9. The molecule has 0 unspecified atom stereocenters. The van der Waals surface area contributed by atoms with E-state index >= 15 is 0 Å².